The number of non-ortho nitro benzene ring substituents is 1. The number of thiophene rings is 1. The number of hydrogen-bond donors (Lipinski definition) is 2. The molecule has 174 valence electrons. The summed E-state index contributed by atoms with van der Waals surface area (Å²) in [5.41, 5.74) is 16.3. The molecule has 1 heterocycles. The van der Waals surface area contributed by atoms with E-state index in [9.17, 15) is 10.1 Å². The number of rotatable bonds is 9. The molecule has 4 N–H and O–H groups in total. The van der Waals surface area contributed by atoms with E-state index in [0.29, 0.717) is 30.3 Å². The van der Waals surface area contributed by atoms with Gasteiger partial charge < -0.3 is 21.1 Å². The summed E-state index contributed by atoms with van der Waals surface area (Å²) in [6.45, 7) is 4.16. The molecule has 0 amide bonds. The van der Waals surface area contributed by atoms with Crippen molar-refractivity contribution in [1.29, 1.82) is 0 Å². The molecule has 0 saturated carbocycles. The summed E-state index contributed by atoms with van der Waals surface area (Å²) in [5.74, 6) is 0.605. The summed E-state index contributed by atoms with van der Waals surface area (Å²) in [4.78, 5) is 14.9. The minimum atomic E-state index is -0.385. The van der Waals surface area contributed by atoms with E-state index >= 15 is 0 Å². The Morgan fingerprint density at radius 3 is 2.12 bits per heavy atom. The van der Waals surface area contributed by atoms with E-state index in [1.165, 1.54) is 12.1 Å². The van der Waals surface area contributed by atoms with Gasteiger partial charge in [-0.3, -0.25) is 10.1 Å². The van der Waals surface area contributed by atoms with Crippen molar-refractivity contribution in [2.75, 3.05) is 36.1 Å². The molecule has 0 bridgehead atoms. The number of benzene rings is 3. The van der Waals surface area contributed by atoms with Crippen LogP contribution in [0.2, 0.25) is 0 Å². The highest BCUT2D eigenvalue weighted by Crippen LogP contribution is 2.35. The molecule has 34 heavy (non-hydrogen) atoms. The molecule has 1 aromatic heterocycles. The van der Waals surface area contributed by atoms with E-state index in [-0.39, 0.29) is 10.6 Å². The number of nitro groups is 1. The molecule has 0 fully saturated rings. The fourth-order valence-corrected chi connectivity index (χ4v) is 4.66. The Labute approximate surface area is 202 Å². The van der Waals surface area contributed by atoms with Gasteiger partial charge in [-0.05, 0) is 66.6 Å². The molecule has 8 heteroatoms. The van der Waals surface area contributed by atoms with Gasteiger partial charge in [0.1, 0.15) is 12.4 Å². The standard InChI is InChI=1S/C26H26N4O3S/c1-2-29(15-16-33-24-17-20(27)7-12-23(24)28)21-8-3-18(4-9-21)25-13-14-26(34-25)19-5-10-22(11-6-19)30(31)32/h3-14,17H,2,15-16,27-28H2,1H3. The molecular formula is C26H26N4O3S. The SMILES string of the molecule is CCN(CCOc1cc(N)ccc1N)c1ccc(-c2ccc(-c3ccc([N+](=O)[O-])cc3)s2)cc1. The van der Waals surface area contributed by atoms with Gasteiger partial charge in [-0.25, -0.2) is 0 Å². The van der Waals surface area contributed by atoms with Crippen LogP contribution in [0.15, 0.2) is 78.9 Å². The van der Waals surface area contributed by atoms with Crippen molar-refractivity contribution in [1.82, 2.24) is 0 Å². The highest BCUT2D eigenvalue weighted by Gasteiger charge is 2.10. The Bertz CT molecular complexity index is 1270. The van der Waals surface area contributed by atoms with Gasteiger partial charge in [0.05, 0.1) is 17.2 Å². The zero-order valence-electron chi connectivity index (χ0n) is 18.8. The van der Waals surface area contributed by atoms with E-state index < -0.39 is 0 Å². The van der Waals surface area contributed by atoms with Crippen molar-refractivity contribution in [3.8, 4) is 26.6 Å². The van der Waals surface area contributed by atoms with Gasteiger partial charge in [0, 0.05) is 45.9 Å². The van der Waals surface area contributed by atoms with Gasteiger partial charge in [-0.15, -0.1) is 11.3 Å². The highest BCUT2D eigenvalue weighted by atomic mass is 32.1. The van der Waals surface area contributed by atoms with Gasteiger partial charge in [0.2, 0.25) is 0 Å². The maximum atomic E-state index is 10.9. The Morgan fingerprint density at radius 2 is 1.53 bits per heavy atom. The molecule has 0 spiro atoms. The molecule has 0 unspecified atom stereocenters. The maximum Gasteiger partial charge on any atom is 0.269 e. The average molecular weight is 475 g/mol. The minimum absolute atomic E-state index is 0.0957. The van der Waals surface area contributed by atoms with Gasteiger partial charge >= 0.3 is 0 Å². The summed E-state index contributed by atoms with van der Waals surface area (Å²) < 4.78 is 5.85. The normalized spacial score (nSPS) is 10.7. The van der Waals surface area contributed by atoms with E-state index in [4.69, 9.17) is 16.2 Å². The second-order valence-corrected chi connectivity index (χ2v) is 8.82. The fourth-order valence-electron chi connectivity index (χ4n) is 3.64. The number of anilines is 3. The smallest absolute Gasteiger partial charge is 0.269 e. The van der Waals surface area contributed by atoms with Crippen molar-refractivity contribution in [2.24, 2.45) is 0 Å². The lowest BCUT2D eigenvalue weighted by molar-refractivity contribution is -0.384. The largest absolute Gasteiger partial charge is 0.490 e. The average Bonchev–Trinajstić information content (AvgIpc) is 3.34. The van der Waals surface area contributed by atoms with E-state index in [0.717, 1.165) is 33.1 Å². The molecule has 7 nitrogen and oxygen atoms in total. The monoisotopic (exact) mass is 474 g/mol. The Morgan fingerprint density at radius 1 is 0.912 bits per heavy atom. The number of nitro benzene ring substituents is 1. The Hall–Kier alpha value is -4.04. The molecule has 0 aliphatic rings. The van der Waals surface area contributed by atoms with Crippen LogP contribution in [0.1, 0.15) is 6.92 Å². The van der Waals surface area contributed by atoms with Crippen LogP contribution >= 0.6 is 11.3 Å². The number of nitrogens with zero attached hydrogens (tertiary/aromatic N) is 2. The van der Waals surface area contributed by atoms with E-state index in [2.05, 4.69) is 42.2 Å². The summed E-state index contributed by atoms with van der Waals surface area (Å²) >= 11 is 1.66. The van der Waals surface area contributed by atoms with Crippen LogP contribution < -0.4 is 21.1 Å². The first-order valence-electron chi connectivity index (χ1n) is 10.9. The van der Waals surface area contributed by atoms with Gasteiger partial charge in [0.25, 0.3) is 5.69 Å². The minimum Gasteiger partial charge on any atom is -0.490 e. The molecule has 0 atom stereocenters. The Balaban J connectivity index is 1.40. The third kappa shape index (κ3) is 5.29. The summed E-state index contributed by atoms with van der Waals surface area (Å²) in [6.07, 6.45) is 0. The molecular weight excluding hydrogens is 448 g/mol. The third-order valence-corrected chi connectivity index (χ3v) is 6.71. The van der Waals surface area contributed by atoms with Gasteiger partial charge in [0.15, 0.2) is 0 Å². The quantitative estimate of drug-likeness (QED) is 0.173. The Kier molecular flexibility index (Phi) is 6.98. The number of ether oxygens (including phenoxy) is 1. The third-order valence-electron chi connectivity index (χ3n) is 5.52. The summed E-state index contributed by atoms with van der Waals surface area (Å²) in [5, 5.41) is 10.9. The number of hydrogen-bond acceptors (Lipinski definition) is 7. The zero-order valence-corrected chi connectivity index (χ0v) is 19.6. The maximum absolute atomic E-state index is 10.9. The van der Waals surface area contributed by atoms with Crippen molar-refractivity contribution >= 4 is 34.1 Å². The molecule has 0 radical (unpaired) electrons. The van der Waals surface area contributed by atoms with Crippen LogP contribution in [0.3, 0.4) is 0 Å². The fraction of sp³-hybridized carbons (Fsp3) is 0.154. The van der Waals surface area contributed by atoms with Crippen LogP contribution in [0.4, 0.5) is 22.7 Å². The zero-order chi connectivity index (χ0) is 24.1. The van der Waals surface area contributed by atoms with E-state index in [1.807, 2.05) is 6.07 Å². The summed E-state index contributed by atoms with van der Waals surface area (Å²) in [6, 6.07) is 24.5. The predicted octanol–water partition coefficient (Wildman–Crippen LogP) is 6.06. The second-order valence-electron chi connectivity index (χ2n) is 7.74. The number of nitrogens with two attached hydrogens (primary N) is 2. The molecule has 0 aliphatic heterocycles. The molecule has 4 rings (SSSR count). The second kappa shape index (κ2) is 10.3. The van der Waals surface area contributed by atoms with Gasteiger partial charge in [-0.2, -0.15) is 0 Å². The van der Waals surface area contributed by atoms with Crippen molar-refractivity contribution in [2.45, 2.75) is 6.92 Å². The lowest BCUT2D eigenvalue weighted by Crippen LogP contribution is -2.28. The summed E-state index contributed by atoms with van der Waals surface area (Å²) in [7, 11) is 0. The number of nitrogen functional groups attached to an aromatic ring is 2. The molecule has 4 aromatic rings. The van der Waals surface area contributed by atoms with Crippen molar-refractivity contribution < 1.29 is 9.66 Å². The lowest BCUT2D eigenvalue weighted by atomic mass is 10.1. The topological polar surface area (TPSA) is 108 Å². The van der Waals surface area contributed by atoms with Crippen molar-refractivity contribution in [3.05, 3.63) is 89.0 Å². The van der Waals surface area contributed by atoms with Crippen LogP contribution in [-0.4, -0.2) is 24.6 Å². The first-order valence-corrected chi connectivity index (χ1v) is 11.7. The predicted molar refractivity (Wildman–Crippen MR) is 140 cm³/mol. The van der Waals surface area contributed by atoms with Crippen LogP contribution in [0, 0.1) is 10.1 Å². The molecule has 0 saturated heterocycles. The molecule has 3 aromatic carbocycles. The van der Waals surface area contributed by atoms with E-state index in [1.54, 1.807) is 41.7 Å². The number of likely N-dealkylation sites (N-methyl/N-ethyl adjacent to an activating group) is 1. The van der Waals surface area contributed by atoms with Crippen LogP contribution in [0.25, 0.3) is 20.9 Å². The van der Waals surface area contributed by atoms with Crippen molar-refractivity contribution in [3.63, 3.8) is 0 Å². The van der Waals surface area contributed by atoms with Gasteiger partial charge in [-0.1, -0.05) is 12.1 Å². The molecule has 0 aliphatic carbocycles. The lowest BCUT2D eigenvalue weighted by Gasteiger charge is -2.23. The van der Waals surface area contributed by atoms with Crippen LogP contribution in [-0.2, 0) is 0 Å². The highest BCUT2D eigenvalue weighted by molar-refractivity contribution is 7.18. The first kappa shape index (κ1) is 23.1. The van der Waals surface area contributed by atoms with Crippen LogP contribution in [0.5, 0.6) is 5.75 Å². The first-order chi connectivity index (χ1) is 16.4.